The number of hydrogen-bond donors (Lipinski definition) is 1. The average Bonchev–Trinajstić information content (AvgIpc) is 2.76. The summed E-state index contributed by atoms with van der Waals surface area (Å²) in [4.78, 5) is 2.43. The third kappa shape index (κ3) is 2.31. The summed E-state index contributed by atoms with van der Waals surface area (Å²) in [6.45, 7) is 2.45. The third-order valence-corrected chi connectivity index (χ3v) is 4.53. The van der Waals surface area contributed by atoms with Gasteiger partial charge < -0.3 is 10.2 Å². The lowest BCUT2D eigenvalue weighted by Gasteiger charge is -2.34. The Morgan fingerprint density at radius 1 is 1.22 bits per heavy atom. The number of fused-ring (bicyclic) bond motifs is 1. The number of aryl methyl sites for hydroxylation is 1. The lowest BCUT2D eigenvalue weighted by Crippen LogP contribution is -2.42. The van der Waals surface area contributed by atoms with E-state index in [2.05, 4.69) is 40.3 Å². The molecule has 2 heterocycles. The summed E-state index contributed by atoms with van der Waals surface area (Å²) < 4.78 is 2.05. The van der Waals surface area contributed by atoms with Crippen LogP contribution in [0.2, 0.25) is 0 Å². The molecule has 0 saturated carbocycles. The Morgan fingerprint density at radius 3 is 2.78 bits per heavy atom. The summed E-state index contributed by atoms with van der Waals surface area (Å²) in [6.07, 6.45) is 8.38. The van der Waals surface area contributed by atoms with Crippen LogP contribution < -0.4 is 5.32 Å². The largest absolute Gasteiger partial charge is 0.307 e. The highest BCUT2D eigenvalue weighted by atomic mass is 15.3. The maximum absolute atomic E-state index is 4.42. The van der Waals surface area contributed by atoms with Gasteiger partial charge in [0.05, 0.1) is 6.20 Å². The van der Waals surface area contributed by atoms with Gasteiger partial charge in [0.2, 0.25) is 0 Å². The highest BCUT2D eigenvalue weighted by Gasteiger charge is 2.26. The zero-order valence-corrected chi connectivity index (χ0v) is 11.5. The quantitative estimate of drug-likeness (QED) is 0.860. The van der Waals surface area contributed by atoms with Gasteiger partial charge in [-0.2, -0.15) is 5.10 Å². The van der Waals surface area contributed by atoms with Crippen LogP contribution in [0.5, 0.6) is 0 Å². The molecule has 3 rings (SSSR count). The lowest BCUT2D eigenvalue weighted by molar-refractivity contribution is 0.220. The minimum absolute atomic E-state index is 0.538. The standard InChI is InChI=1S/C14H24N4/c1-17-8-6-11(7-9-17)16-13-4-3-5-14-12(13)10-15-18(14)2/h10-11,13,16H,3-9H2,1-2H3. The fourth-order valence-corrected chi connectivity index (χ4v) is 3.34. The van der Waals surface area contributed by atoms with Crippen LogP contribution in [0.4, 0.5) is 0 Å². The molecule has 1 aliphatic carbocycles. The molecule has 1 aromatic heterocycles. The number of likely N-dealkylation sites (tertiary alicyclic amines) is 1. The summed E-state index contributed by atoms with van der Waals surface area (Å²) in [5.74, 6) is 0. The van der Waals surface area contributed by atoms with Crippen LogP contribution in [0.25, 0.3) is 0 Å². The molecule has 1 aromatic rings. The van der Waals surface area contributed by atoms with Crippen molar-refractivity contribution in [1.82, 2.24) is 20.0 Å². The van der Waals surface area contributed by atoms with E-state index >= 15 is 0 Å². The van der Waals surface area contributed by atoms with Crippen molar-refractivity contribution in [2.75, 3.05) is 20.1 Å². The first-order chi connectivity index (χ1) is 8.74. The number of hydrogen-bond acceptors (Lipinski definition) is 3. The van der Waals surface area contributed by atoms with E-state index in [4.69, 9.17) is 0 Å². The van der Waals surface area contributed by atoms with E-state index in [-0.39, 0.29) is 0 Å². The van der Waals surface area contributed by atoms with E-state index < -0.39 is 0 Å². The Bertz CT molecular complexity index is 404. The van der Waals surface area contributed by atoms with E-state index in [9.17, 15) is 0 Å². The molecule has 2 aliphatic rings. The van der Waals surface area contributed by atoms with Gasteiger partial charge in [0, 0.05) is 30.4 Å². The first-order valence-corrected chi connectivity index (χ1v) is 7.19. The number of piperidine rings is 1. The van der Waals surface area contributed by atoms with Gasteiger partial charge in [-0.25, -0.2) is 0 Å². The van der Waals surface area contributed by atoms with Crippen molar-refractivity contribution >= 4 is 0 Å². The van der Waals surface area contributed by atoms with Gasteiger partial charge in [0.1, 0.15) is 0 Å². The molecule has 0 radical (unpaired) electrons. The zero-order chi connectivity index (χ0) is 12.5. The molecule has 0 bridgehead atoms. The predicted molar refractivity (Wildman–Crippen MR) is 72.5 cm³/mol. The van der Waals surface area contributed by atoms with Crippen molar-refractivity contribution in [2.45, 2.75) is 44.2 Å². The van der Waals surface area contributed by atoms with Gasteiger partial charge in [-0.15, -0.1) is 0 Å². The van der Waals surface area contributed by atoms with E-state index in [1.54, 1.807) is 0 Å². The number of nitrogens with one attached hydrogen (secondary N) is 1. The third-order valence-electron chi connectivity index (χ3n) is 4.53. The summed E-state index contributed by atoms with van der Waals surface area (Å²) in [5, 5.41) is 8.29. The molecule has 0 spiro atoms. The fraction of sp³-hybridized carbons (Fsp3) is 0.786. The SMILES string of the molecule is CN1CCC(NC2CCCc3c2cnn3C)CC1. The van der Waals surface area contributed by atoms with Gasteiger partial charge >= 0.3 is 0 Å². The van der Waals surface area contributed by atoms with Gasteiger partial charge in [0.15, 0.2) is 0 Å². The normalized spacial score (nSPS) is 26.2. The zero-order valence-electron chi connectivity index (χ0n) is 11.5. The van der Waals surface area contributed by atoms with Crippen LogP contribution in [0.1, 0.15) is 43.0 Å². The van der Waals surface area contributed by atoms with Crippen LogP contribution >= 0.6 is 0 Å². The average molecular weight is 248 g/mol. The van der Waals surface area contributed by atoms with E-state index in [0.717, 1.165) is 0 Å². The molecule has 1 aliphatic heterocycles. The van der Waals surface area contributed by atoms with Crippen LogP contribution in [-0.4, -0.2) is 40.9 Å². The first-order valence-electron chi connectivity index (χ1n) is 7.19. The molecule has 1 fully saturated rings. The van der Waals surface area contributed by atoms with Gasteiger partial charge in [0.25, 0.3) is 0 Å². The molecular formula is C14H24N4. The highest BCUT2D eigenvalue weighted by Crippen LogP contribution is 2.30. The van der Waals surface area contributed by atoms with Crippen molar-refractivity contribution in [3.63, 3.8) is 0 Å². The van der Waals surface area contributed by atoms with Crippen LogP contribution in [0, 0.1) is 0 Å². The molecule has 4 heteroatoms. The van der Waals surface area contributed by atoms with Gasteiger partial charge in [-0.05, 0) is 52.2 Å². The molecule has 1 saturated heterocycles. The molecule has 18 heavy (non-hydrogen) atoms. The van der Waals surface area contributed by atoms with Gasteiger partial charge in [-0.1, -0.05) is 0 Å². The van der Waals surface area contributed by atoms with Crippen molar-refractivity contribution in [1.29, 1.82) is 0 Å². The van der Waals surface area contributed by atoms with E-state index in [1.165, 1.54) is 56.5 Å². The van der Waals surface area contributed by atoms with E-state index in [0.29, 0.717) is 12.1 Å². The maximum Gasteiger partial charge on any atom is 0.0540 e. The van der Waals surface area contributed by atoms with Crippen molar-refractivity contribution in [3.05, 3.63) is 17.5 Å². The maximum atomic E-state index is 4.42. The molecule has 0 aromatic carbocycles. The number of aromatic nitrogens is 2. The Kier molecular flexibility index (Phi) is 3.39. The minimum Gasteiger partial charge on any atom is -0.307 e. The Hall–Kier alpha value is -0.870. The number of rotatable bonds is 2. The van der Waals surface area contributed by atoms with Crippen molar-refractivity contribution in [3.8, 4) is 0 Å². The second-order valence-corrected chi connectivity index (χ2v) is 5.86. The second-order valence-electron chi connectivity index (χ2n) is 5.86. The first kappa shape index (κ1) is 12.2. The molecule has 0 amide bonds. The van der Waals surface area contributed by atoms with Gasteiger partial charge in [-0.3, -0.25) is 4.68 Å². The Morgan fingerprint density at radius 2 is 2.00 bits per heavy atom. The molecule has 100 valence electrons. The summed E-state index contributed by atoms with van der Waals surface area (Å²) in [7, 11) is 4.28. The smallest absolute Gasteiger partial charge is 0.0540 e. The molecule has 1 unspecified atom stereocenters. The van der Waals surface area contributed by atoms with E-state index in [1.807, 2.05) is 0 Å². The minimum atomic E-state index is 0.538. The topological polar surface area (TPSA) is 33.1 Å². The summed E-state index contributed by atoms with van der Waals surface area (Å²) in [6, 6.07) is 1.23. The molecule has 1 atom stereocenters. The lowest BCUT2D eigenvalue weighted by atomic mass is 9.91. The molecule has 1 N–H and O–H groups in total. The predicted octanol–water partition coefficient (Wildman–Crippen LogP) is 1.48. The highest BCUT2D eigenvalue weighted by molar-refractivity contribution is 5.24. The second kappa shape index (κ2) is 5.02. The Balaban J connectivity index is 1.67. The summed E-state index contributed by atoms with van der Waals surface area (Å²) >= 11 is 0. The fourth-order valence-electron chi connectivity index (χ4n) is 3.34. The molecular weight excluding hydrogens is 224 g/mol. The Labute approximate surface area is 109 Å². The van der Waals surface area contributed by atoms with Crippen LogP contribution in [-0.2, 0) is 13.5 Å². The van der Waals surface area contributed by atoms with Crippen LogP contribution in [0.15, 0.2) is 6.20 Å². The summed E-state index contributed by atoms with van der Waals surface area (Å²) in [5.41, 5.74) is 2.88. The molecule has 4 nitrogen and oxygen atoms in total. The number of nitrogens with zero attached hydrogens (tertiary/aromatic N) is 3. The van der Waals surface area contributed by atoms with Crippen molar-refractivity contribution in [2.24, 2.45) is 7.05 Å². The monoisotopic (exact) mass is 248 g/mol. The van der Waals surface area contributed by atoms with Crippen LogP contribution in [0.3, 0.4) is 0 Å². The van der Waals surface area contributed by atoms with Crippen molar-refractivity contribution < 1.29 is 0 Å².